The van der Waals surface area contributed by atoms with Gasteiger partial charge in [0.1, 0.15) is 0 Å². The molecule has 1 aliphatic heterocycles. The molecule has 0 radical (unpaired) electrons. The van der Waals surface area contributed by atoms with E-state index in [1.165, 1.54) is 6.42 Å². The van der Waals surface area contributed by atoms with Crippen LogP contribution in [0.15, 0.2) is 0 Å². The Morgan fingerprint density at radius 3 is 2.58 bits per heavy atom. The van der Waals surface area contributed by atoms with Crippen molar-refractivity contribution in [3.63, 3.8) is 0 Å². The minimum Gasteiger partial charge on any atom is -0.328 e. The van der Waals surface area contributed by atoms with Crippen molar-refractivity contribution in [3.8, 4) is 0 Å². The highest BCUT2D eigenvalue weighted by atomic mass is 16.2. The van der Waals surface area contributed by atoms with Crippen LogP contribution in [-0.4, -0.2) is 81.1 Å². The van der Waals surface area contributed by atoms with Crippen molar-refractivity contribution in [1.82, 2.24) is 20.0 Å². The average Bonchev–Trinajstić information content (AvgIpc) is 3.10. The van der Waals surface area contributed by atoms with E-state index in [9.17, 15) is 4.79 Å². The average molecular weight is 268 g/mol. The molecular weight excluding hydrogens is 240 g/mol. The molecule has 2 aliphatic rings. The fraction of sp³-hybridized carbons (Fsp3) is 0.929. The Hall–Kier alpha value is -0.650. The fourth-order valence-corrected chi connectivity index (χ4v) is 2.92. The molecule has 5 heteroatoms. The Kier molecular flexibility index (Phi) is 4.81. The van der Waals surface area contributed by atoms with E-state index in [4.69, 9.17) is 0 Å². The highest BCUT2D eigenvalue weighted by Gasteiger charge is 2.45. The molecular formula is C14H28N4O. The van der Waals surface area contributed by atoms with Crippen LogP contribution in [0.1, 0.15) is 12.8 Å². The van der Waals surface area contributed by atoms with Crippen molar-refractivity contribution in [2.45, 2.75) is 18.9 Å². The SMILES string of the molecule is CNC1CC2CC2CN(CN(C)CCN(C)C)C1=O. The van der Waals surface area contributed by atoms with Crippen molar-refractivity contribution in [1.29, 1.82) is 0 Å². The van der Waals surface area contributed by atoms with Gasteiger partial charge in [0, 0.05) is 19.6 Å². The van der Waals surface area contributed by atoms with E-state index in [-0.39, 0.29) is 11.9 Å². The van der Waals surface area contributed by atoms with Gasteiger partial charge >= 0.3 is 0 Å². The maximum absolute atomic E-state index is 12.4. The van der Waals surface area contributed by atoms with Gasteiger partial charge in [0.2, 0.25) is 5.91 Å². The minimum absolute atomic E-state index is 0.0275. The van der Waals surface area contributed by atoms with E-state index in [1.54, 1.807) is 0 Å². The monoisotopic (exact) mass is 268 g/mol. The summed E-state index contributed by atoms with van der Waals surface area (Å²) in [4.78, 5) is 18.9. The van der Waals surface area contributed by atoms with Gasteiger partial charge in [0.15, 0.2) is 0 Å². The molecule has 19 heavy (non-hydrogen) atoms. The quantitative estimate of drug-likeness (QED) is 0.730. The van der Waals surface area contributed by atoms with Gasteiger partial charge in [0.05, 0.1) is 12.7 Å². The molecule has 0 bridgehead atoms. The molecule has 5 nitrogen and oxygen atoms in total. The standard InChI is InChI=1S/C14H28N4O/c1-15-13-8-11-7-12(11)9-18(14(13)19)10-17(4)6-5-16(2)3/h11-13,15H,5-10H2,1-4H3. The zero-order valence-electron chi connectivity index (χ0n) is 12.7. The summed E-state index contributed by atoms with van der Waals surface area (Å²) in [7, 11) is 8.16. The normalized spacial score (nSPS) is 30.7. The maximum atomic E-state index is 12.4. The molecule has 1 saturated heterocycles. The second kappa shape index (κ2) is 6.20. The molecule has 1 aliphatic carbocycles. The number of nitrogens with zero attached hydrogens (tertiary/aromatic N) is 3. The van der Waals surface area contributed by atoms with Crippen LogP contribution in [0.25, 0.3) is 0 Å². The first-order chi connectivity index (χ1) is 9.01. The molecule has 1 saturated carbocycles. The lowest BCUT2D eigenvalue weighted by molar-refractivity contribution is -0.135. The van der Waals surface area contributed by atoms with E-state index in [1.807, 2.05) is 7.05 Å². The van der Waals surface area contributed by atoms with E-state index < -0.39 is 0 Å². The summed E-state index contributed by atoms with van der Waals surface area (Å²) in [6.45, 7) is 3.73. The van der Waals surface area contributed by atoms with Gasteiger partial charge < -0.3 is 15.1 Å². The van der Waals surface area contributed by atoms with Crippen molar-refractivity contribution >= 4 is 5.91 Å². The van der Waals surface area contributed by atoms with Crippen molar-refractivity contribution in [2.75, 3.05) is 54.5 Å². The third kappa shape index (κ3) is 3.91. The van der Waals surface area contributed by atoms with E-state index in [0.29, 0.717) is 0 Å². The van der Waals surface area contributed by atoms with E-state index >= 15 is 0 Å². The second-order valence-corrected chi connectivity index (χ2v) is 6.42. The van der Waals surface area contributed by atoms with Crippen LogP contribution in [0.5, 0.6) is 0 Å². The van der Waals surface area contributed by atoms with Crippen LogP contribution in [0.3, 0.4) is 0 Å². The summed E-state index contributed by atoms with van der Waals surface area (Å²) >= 11 is 0. The van der Waals surface area contributed by atoms with Gasteiger partial charge in [-0.15, -0.1) is 0 Å². The first kappa shape index (κ1) is 14.8. The Balaban J connectivity index is 1.88. The summed E-state index contributed by atoms with van der Waals surface area (Å²) < 4.78 is 0. The van der Waals surface area contributed by atoms with Gasteiger partial charge in [0.25, 0.3) is 0 Å². The number of hydrogen-bond acceptors (Lipinski definition) is 4. The van der Waals surface area contributed by atoms with Crippen molar-refractivity contribution in [2.24, 2.45) is 11.8 Å². The third-order valence-electron chi connectivity index (χ3n) is 4.36. The van der Waals surface area contributed by atoms with Crippen molar-refractivity contribution in [3.05, 3.63) is 0 Å². The fourth-order valence-electron chi connectivity index (χ4n) is 2.92. The highest BCUT2D eigenvalue weighted by molar-refractivity contribution is 5.82. The van der Waals surface area contributed by atoms with Crippen LogP contribution < -0.4 is 5.32 Å². The number of fused-ring (bicyclic) bond motifs is 1. The molecule has 0 aromatic rings. The minimum atomic E-state index is 0.0275. The third-order valence-corrected chi connectivity index (χ3v) is 4.36. The number of hydrogen-bond donors (Lipinski definition) is 1. The predicted octanol–water partition coefficient (Wildman–Crippen LogP) is -0.106. The summed E-state index contributed by atoms with van der Waals surface area (Å²) in [5.41, 5.74) is 0. The highest BCUT2D eigenvalue weighted by Crippen LogP contribution is 2.44. The smallest absolute Gasteiger partial charge is 0.240 e. The molecule has 3 unspecified atom stereocenters. The first-order valence-corrected chi connectivity index (χ1v) is 7.30. The number of nitrogens with one attached hydrogen (secondary N) is 1. The topological polar surface area (TPSA) is 38.8 Å². The summed E-state index contributed by atoms with van der Waals surface area (Å²) in [5.74, 6) is 1.81. The van der Waals surface area contributed by atoms with E-state index in [2.05, 4.69) is 41.2 Å². The van der Waals surface area contributed by atoms with Crippen LogP contribution in [0.2, 0.25) is 0 Å². The molecule has 0 aromatic carbocycles. The Morgan fingerprint density at radius 1 is 1.21 bits per heavy atom. The molecule has 2 fully saturated rings. The van der Waals surface area contributed by atoms with Crippen LogP contribution in [0, 0.1) is 11.8 Å². The number of rotatable bonds is 6. The summed E-state index contributed by atoms with van der Waals surface area (Å²) in [6.07, 6.45) is 2.33. The maximum Gasteiger partial charge on any atom is 0.240 e. The summed E-state index contributed by atoms with van der Waals surface area (Å²) in [6, 6.07) is 0.0275. The molecule has 1 amide bonds. The number of likely N-dealkylation sites (N-methyl/N-ethyl adjacent to an activating group) is 3. The number of amides is 1. The van der Waals surface area contributed by atoms with Crippen LogP contribution in [0.4, 0.5) is 0 Å². The van der Waals surface area contributed by atoms with Gasteiger partial charge in [-0.05, 0) is 52.9 Å². The second-order valence-electron chi connectivity index (χ2n) is 6.42. The number of carbonyl (C=O) groups is 1. The molecule has 1 N–H and O–H groups in total. The van der Waals surface area contributed by atoms with Gasteiger partial charge in [-0.2, -0.15) is 0 Å². The van der Waals surface area contributed by atoms with Crippen molar-refractivity contribution < 1.29 is 4.79 Å². The molecule has 0 spiro atoms. The summed E-state index contributed by atoms with van der Waals surface area (Å²) in [5, 5.41) is 3.19. The number of likely N-dealkylation sites (tertiary alicyclic amines) is 1. The lowest BCUT2D eigenvalue weighted by Crippen LogP contribution is -2.49. The largest absolute Gasteiger partial charge is 0.328 e. The Labute approximate surface area is 116 Å². The van der Waals surface area contributed by atoms with Gasteiger partial charge in [-0.3, -0.25) is 9.69 Å². The predicted molar refractivity (Wildman–Crippen MR) is 76.8 cm³/mol. The first-order valence-electron chi connectivity index (χ1n) is 7.30. The Bertz CT molecular complexity index is 321. The van der Waals surface area contributed by atoms with Crippen LogP contribution in [-0.2, 0) is 4.79 Å². The zero-order chi connectivity index (χ0) is 14.0. The Morgan fingerprint density at radius 2 is 1.95 bits per heavy atom. The lowest BCUT2D eigenvalue weighted by Gasteiger charge is -2.30. The molecule has 3 atom stereocenters. The van der Waals surface area contributed by atoms with Gasteiger partial charge in [-0.1, -0.05) is 0 Å². The molecule has 2 rings (SSSR count). The van der Waals surface area contributed by atoms with Gasteiger partial charge in [-0.25, -0.2) is 0 Å². The lowest BCUT2D eigenvalue weighted by atomic mass is 10.1. The molecule has 0 aromatic heterocycles. The molecule has 110 valence electrons. The van der Waals surface area contributed by atoms with E-state index in [0.717, 1.165) is 44.6 Å². The number of carbonyl (C=O) groups excluding carboxylic acids is 1. The van der Waals surface area contributed by atoms with Crippen LogP contribution >= 0.6 is 0 Å². The zero-order valence-corrected chi connectivity index (χ0v) is 12.7. The molecule has 1 heterocycles.